The van der Waals surface area contributed by atoms with Crippen molar-refractivity contribution in [3.8, 4) is 17.0 Å². The second kappa shape index (κ2) is 3.55. The molecule has 0 unspecified atom stereocenters. The largest absolute Gasteiger partial charge is 0.493 e. The van der Waals surface area contributed by atoms with Gasteiger partial charge in [0.15, 0.2) is 0 Å². The fourth-order valence-corrected chi connectivity index (χ4v) is 1.88. The first kappa shape index (κ1) is 9.77. The minimum Gasteiger partial charge on any atom is -0.493 e. The summed E-state index contributed by atoms with van der Waals surface area (Å²) in [6.45, 7) is 1.84. The number of aryl methyl sites for hydroxylation is 1. The maximum atomic E-state index is 10.2. The molecule has 0 spiro atoms. The van der Waals surface area contributed by atoms with Crippen LogP contribution >= 0.6 is 0 Å². The lowest BCUT2D eigenvalue weighted by Gasteiger charge is -2.08. The molecular formula is C12H10N4O. The first-order valence-electron chi connectivity index (χ1n) is 5.22. The number of aromatic nitrogens is 4. The summed E-state index contributed by atoms with van der Waals surface area (Å²) < 4.78 is 1.33. The van der Waals surface area contributed by atoms with E-state index in [2.05, 4.69) is 15.1 Å². The summed E-state index contributed by atoms with van der Waals surface area (Å²) in [6.07, 6.45) is 1.37. The van der Waals surface area contributed by atoms with Crippen molar-refractivity contribution in [2.24, 2.45) is 0 Å². The molecule has 0 amide bonds. The van der Waals surface area contributed by atoms with Crippen molar-refractivity contribution >= 4 is 5.78 Å². The van der Waals surface area contributed by atoms with Crippen molar-refractivity contribution in [1.29, 1.82) is 0 Å². The summed E-state index contributed by atoms with van der Waals surface area (Å²) in [5, 5.41) is 14.1. The second-order valence-corrected chi connectivity index (χ2v) is 3.73. The Hall–Kier alpha value is -2.43. The van der Waals surface area contributed by atoms with E-state index in [0.717, 1.165) is 11.3 Å². The monoisotopic (exact) mass is 226 g/mol. The molecule has 0 aliphatic rings. The maximum Gasteiger partial charge on any atom is 0.255 e. The van der Waals surface area contributed by atoms with E-state index < -0.39 is 0 Å². The zero-order valence-electron chi connectivity index (χ0n) is 9.20. The second-order valence-electron chi connectivity index (χ2n) is 3.73. The third-order valence-electron chi connectivity index (χ3n) is 2.65. The van der Waals surface area contributed by atoms with E-state index in [0.29, 0.717) is 11.3 Å². The smallest absolute Gasteiger partial charge is 0.255 e. The van der Waals surface area contributed by atoms with Gasteiger partial charge in [0.25, 0.3) is 5.78 Å². The summed E-state index contributed by atoms with van der Waals surface area (Å²) in [5.74, 6) is 0.468. The van der Waals surface area contributed by atoms with Gasteiger partial charge in [0.2, 0.25) is 5.88 Å². The van der Waals surface area contributed by atoms with E-state index >= 15 is 0 Å². The van der Waals surface area contributed by atoms with Gasteiger partial charge in [-0.25, -0.2) is 4.98 Å². The number of rotatable bonds is 1. The predicted octanol–water partition coefficient (Wildman–Crippen LogP) is 1.81. The summed E-state index contributed by atoms with van der Waals surface area (Å²) >= 11 is 0. The molecule has 0 saturated carbocycles. The highest BCUT2D eigenvalue weighted by Crippen LogP contribution is 2.30. The van der Waals surface area contributed by atoms with Crippen LogP contribution < -0.4 is 0 Å². The van der Waals surface area contributed by atoms with Crippen LogP contribution in [-0.2, 0) is 0 Å². The van der Waals surface area contributed by atoms with Gasteiger partial charge < -0.3 is 5.11 Å². The Kier molecular flexibility index (Phi) is 2.04. The Bertz CT molecular complexity index is 676. The molecule has 0 saturated heterocycles. The lowest BCUT2D eigenvalue weighted by molar-refractivity contribution is 0.437. The van der Waals surface area contributed by atoms with Crippen LogP contribution in [0.4, 0.5) is 0 Å². The SMILES string of the molecule is Cc1nc2ncnn2c(O)c1-c1ccccc1. The molecule has 84 valence electrons. The Morgan fingerprint density at radius 2 is 1.94 bits per heavy atom. The molecule has 0 radical (unpaired) electrons. The third kappa shape index (κ3) is 1.44. The van der Waals surface area contributed by atoms with Crippen molar-refractivity contribution in [1.82, 2.24) is 19.6 Å². The number of hydrogen-bond donors (Lipinski definition) is 1. The molecule has 2 aromatic heterocycles. The van der Waals surface area contributed by atoms with Crippen LogP contribution in [0.15, 0.2) is 36.7 Å². The van der Waals surface area contributed by atoms with Crippen molar-refractivity contribution in [2.75, 3.05) is 0 Å². The maximum absolute atomic E-state index is 10.2. The molecule has 5 heteroatoms. The van der Waals surface area contributed by atoms with Gasteiger partial charge in [0, 0.05) is 0 Å². The van der Waals surface area contributed by atoms with Gasteiger partial charge in [-0.05, 0) is 12.5 Å². The molecule has 0 bridgehead atoms. The van der Waals surface area contributed by atoms with Crippen LogP contribution in [0.1, 0.15) is 5.69 Å². The number of nitrogens with zero attached hydrogens (tertiary/aromatic N) is 4. The molecule has 1 N–H and O–H groups in total. The highest BCUT2D eigenvalue weighted by Gasteiger charge is 2.14. The Morgan fingerprint density at radius 1 is 1.18 bits per heavy atom. The van der Waals surface area contributed by atoms with E-state index in [1.807, 2.05) is 37.3 Å². The molecule has 1 aromatic carbocycles. The number of benzene rings is 1. The molecular weight excluding hydrogens is 216 g/mol. The van der Waals surface area contributed by atoms with Gasteiger partial charge in [0.1, 0.15) is 6.33 Å². The fraction of sp³-hybridized carbons (Fsp3) is 0.0833. The van der Waals surface area contributed by atoms with Gasteiger partial charge in [0.05, 0.1) is 11.3 Å². The van der Waals surface area contributed by atoms with Gasteiger partial charge >= 0.3 is 0 Å². The van der Waals surface area contributed by atoms with Gasteiger partial charge in [-0.1, -0.05) is 30.3 Å². The first-order chi connectivity index (χ1) is 8.27. The topological polar surface area (TPSA) is 63.3 Å². The molecule has 3 rings (SSSR count). The Balaban J connectivity index is 2.36. The molecule has 17 heavy (non-hydrogen) atoms. The van der Waals surface area contributed by atoms with Crippen molar-refractivity contribution in [3.05, 3.63) is 42.4 Å². The van der Waals surface area contributed by atoms with E-state index in [-0.39, 0.29) is 5.88 Å². The minimum atomic E-state index is 0.0659. The Morgan fingerprint density at radius 3 is 2.71 bits per heavy atom. The fourth-order valence-electron chi connectivity index (χ4n) is 1.88. The summed E-state index contributed by atoms with van der Waals surface area (Å²) in [4.78, 5) is 8.26. The van der Waals surface area contributed by atoms with Crippen LogP contribution in [0.5, 0.6) is 5.88 Å². The van der Waals surface area contributed by atoms with Gasteiger partial charge in [-0.2, -0.15) is 14.6 Å². The molecule has 3 aromatic rings. The number of fused-ring (bicyclic) bond motifs is 1. The van der Waals surface area contributed by atoms with E-state index in [1.165, 1.54) is 10.8 Å². The molecule has 0 aliphatic carbocycles. The third-order valence-corrected chi connectivity index (χ3v) is 2.65. The molecule has 0 fully saturated rings. The lowest BCUT2D eigenvalue weighted by atomic mass is 10.1. The molecule has 5 nitrogen and oxygen atoms in total. The van der Waals surface area contributed by atoms with Crippen molar-refractivity contribution in [2.45, 2.75) is 6.92 Å². The molecule has 0 aliphatic heterocycles. The number of aromatic hydroxyl groups is 1. The zero-order valence-corrected chi connectivity index (χ0v) is 9.20. The van der Waals surface area contributed by atoms with Crippen LogP contribution in [0, 0.1) is 6.92 Å². The lowest BCUT2D eigenvalue weighted by Crippen LogP contribution is -1.98. The van der Waals surface area contributed by atoms with Gasteiger partial charge in [-0.15, -0.1) is 0 Å². The van der Waals surface area contributed by atoms with E-state index in [1.54, 1.807) is 0 Å². The van der Waals surface area contributed by atoms with Crippen LogP contribution in [0.25, 0.3) is 16.9 Å². The van der Waals surface area contributed by atoms with E-state index in [4.69, 9.17) is 0 Å². The van der Waals surface area contributed by atoms with Crippen LogP contribution in [0.2, 0.25) is 0 Å². The average Bonchev–Trinajstić information content (AvgIpc) is 2.78. The van der Waals surface area contributed by atoms with Crippen LogP contribution in [0.3, 0.4) is 0 Å². The zero-order chi connectivity index (χ0) is 11.8. The predicted molar refractivity (Wildman–Crippen MR) is 62.6 cm³/mol. The average molecular weight is 226 g/mol. The highest BCUT2D eigenvalue weighted by atomic mass is 16.3. The summed E-state index contributed by atoms with van der Waals surface area (Å²) in [7, 11) is 0. The molecule has 0 atom stereocenters. The van der Waals surface area contributed by atoms with Crippen molar-refractivity contribution in [3.63, 3.8) is 0 Å². The standard InChI is InChI=1S/C12H10N4O/c1-8-10(9-5-3-2-4-6-9)11(17)16-12(15-8)13-7-14-16/h2-7,17H,1H3. The van der Waals surface area contributed by atoms with E-state index in [9.17, 15) is 5.11 Å². The van der Waals surface area contributed by atoms with Gasteiger partial charge in [-0.3, -0.25) is 0 Å². The van der Waals surface area contributed by atoms with Crippen LogP contribution in [-0.4, -0.2) is 24.7 Å². The summed E-state index contributed by atoms with van der Waals surface area (Å²) in [5.41, 5.74) is 2.32. The normalized spacial score (nSPS) is 10.9. The number of hydrogen-bond acceptors (Lipinski definition) is 4. The first-order valence-corrected chi connectivity index (χ1v) is 5.22. The highest BCUT2D eigenvalue weighted by molar-refractivity contribution is 5.71. The quantitative estimate of drug-likeness (QED) is 0.687. The van der Waals surface area contributed by atoms with Crippen molar-refractivity contribution < 1.29 is 5.11 Å². The minimum absolute atomic E-state index is 0.0659. The Labute approximate surface area is 97.4 Å². The molecule has 2 heterocycles. The summed E-state index contributed by atoms with van der Waals surface area (Å²) in [6, 6.07) is 9.61.